The fourth-order valence-electron chi connectivity index (χ4n) is 2.53. The van der Waals surface area contributed by atoms with E-state index in [1.165, 1.54) is 31.2 Å². The second kappa shape index (κ2) is 9.68. The van der Waals surface area contributed by atoms with Crippen molar-refractivity contribution in [3.05, 3.63) is 53.6 Å². The standard InChI is InChI=1S/C19H22ClN3O4S/c1-3-11-23(28(26,27)18-9-7-15(20)8-10-18)13-19(25)22-17-6-4-5-16(12-17)21-14(2)24/h4-10,12H,3,11,13H2,1-2H3,(H,21,24)(H,22,25). The van der Waals surface area contributed by atoms with Crippen LogP contribution in [0.2, 0.25) is 5.02 Å². The first-order valence-electron chi connectivity index (χ1n) is 8.65. The van der Waals surface area contributed by atoms with E-state index in [1.54, 1.807) is 24.3 Å². The molecule has 0 saturated carbocycles. The molecule has 0 unspecified atom stereocenters. The topological polar surface area (TPSA) is 95.6 Å². The number of amides is 2. The molecule has 0 bridgehead atoms. The molecule has 28 heavy (non-hydrogen) atoms. The molecule has 2 N–H and O–H groups in total. The van der Waals surface area contributed by atoms with Gasteiger partial charge in [-0.25, -0.2) is 8.42 Å². The third kappa shape index (κ3) is 6.05. The summed E-state index contributed by atoms with van der Waals surface area (Å²) in [5.41, 5.74) is 0.987. The molecule has 0 aliphatic carbocycles. The molecule has 0 fully saturated rings. The molecule has 7 nitrogen and oxygen atoms in total. The summed E-state index contributed by atoms with van der Waals surface area (Å²) in [5, 5.41) is 5.71. The van der Waals surface area contributed by atoms with Crippen molar-refractivity contribution in [2.45, 2.75) is 25.2 Å². The second-order valence-corrected chi connectivity index (χ2v) is 8.48. The second-order valence-electron chi connectivity index (χ2n) is 6.10. The van der Waals surface area contributed by atoms with Crippen LogP contribution in [0, 0.1) is 0 Å². The molecular weight excluding hydrogens is 402 g/mol. The predicted molar refractivity (Wildman–Crippen MR) is 110 cm³/mol. The van der Waals surface area contributed by atoms with Crippen molar-refractivity contribution < 1.29 is 18.0 Å². The number of carbonyl (C=O) groups excluding carboxylic acids is 2. The molecule has 2 aromatic carbocycles. The fraction of sp³-hybridized carbons (Fsp3) is 0.263. The van der Waals surface area contributed by atoms with Crippen molar-refractivity contribution >= 4 is 44.8 Å². The Morgan fingerprint density at radius 3 is 2.21 bits per heavy atom. The van der Waals surface area contributed by atoms with Gasteiger partial charge in [-0.05, 0) is 48.9 Å². The van der Waals surface area contributed by atoms with E-state index in [9.17, 15) is 18.0 Å². The minimum atomic E-state index is -3.83. The van der Waals surface area contributed by atoms with Gasteiger partial charge in [0.2, 0.25) is 21.8 Å². The SMILES string of the molecule is CCCN(CC(=O)Nc1cccc(NC(C)=O)c1)S(=O)(=O)c1ccc(Cl)cc1. The van der Waals surface area contributed by atoms with Crippen LogP contribution in [0.3, 0.4) is 0 Å². The van der Waals surface area contributed by atoms with Crippen LogP contribution in [-0.2, 0) is 19.6 Å². The molecule has 0 heterocycles. The number of hydrogen-bond donors (Lipinski definition) is 2. The number of halogens is 1. The number of rotatable bonds is 8. The molecule has 9 heteroatoms. The minimum absolute atomic E-state index is 0.0748. The molecule has 0 atom stereocenters. The lowest BCUT2D eigenvalue weighted by atomic mass is 10.2. The number of anilines is 2. The van der Waals surface area contributed by atoms with Crippen molar-refractivity contribution in [1.82, 2.24) is 4.31 Å². The lowest BCUT2D eigenvalue weighted by Crippen LogP contribution is -2.38. The zero-order valence-corrected chi connectivity index (χ0v) is 17.2. The number of sulfonamides is 1. The highest BCUT2D eigenvalue weighted by atomic mass is 35.5. The molecule has 0 spiro atoms. The Bertz CT molecular complexity index is 946. The van der Waals surface area contributed by atoms with Gasteiger partial charge in [0.05, 0.1) is 11.4 Å². The smallest absolute Gasteiger partial charge is 0.243 e. The summed E-state index contributed by atoms with van der Waals surface area (Å²) in [6, 6.07) is 12.4. The summed E-state index contributed by atoms with van der Waals surface area (Å²) in [7, 11) is -3.83. The van der Waals surface area contributed by atoms with Crippen LogP contribution in [0.5, 0.6) is 0 Å². The predicted octanol–water partition coefficient (Wildman–Crippen LogP) is 3.34. The Hall–Kier alpha value is -2.42. The Kier molecular flexibility index (Phi) is 7.56. The highest BCUT2D eigenvalue weighted by Gasteiger charge is 2.26. The number of nitrogens with one attached hydrogen (secondary N) is 2. The molecule has 150 valence electrons. The van der Waals surface area contributed by atoms with Crippen molar-refractivity contribution in [2.75, 3.05) is 23.7 Å². The Balaban J connectivity index is 2.14. The van der Waals surface area contributed by atoms with Gasteiger partial charge in [0.25, 0.3) is 0 Å². The van der Waals surface area contributed by atoms with E-state index in [0.717, 1.165) is 4.31 Å². The van der Waals surface area contributed by atoms with Gasteiger partial charge in [-0.1, -0.05) is 24.6 Å². The number of nitrogens with zero attached hydrogens (tertiary/aromatic N) is 1. The lowest BCUT2D eigenvalue weighted by molar-refractivity contribution is -0.116. The highest BCUT2D eigenvalue weighted by molar-refractivity contribution is 7.89. The van der Waals surface area contributed by atoms with Gasteiger partial charge < -0.3 is 10.6 Å². The normalized spacial score (nSPS) is 11.3. The third-order valence-electron chi connectivity index (χ3n) is 3.71. The Labute approximate surface area is 169 Å². The molecule has 0 aliphatic heterocycles. The van der Waals surface area contributed by atoms with Crippen LogP contribution in [0.1, 0.15) is 20.3 Å². The quantitative estimate of drug-likeness (QED) is 0.680. The van der Waals surface area contributed by atoms with Crippen molar-refractivity contribution in [3.63, 3.8) is 0 Å². The van der Waals surface area contributed by atoms with Gasteiger partial charge in [-0.15, -0.1) is 0 Å². The fourth-order valence-corrected chi connectivity index (χ4v) is 4.14. The van der Waals surface area contributed by atoms with E-state index in [0.29, 0.717) is 22.8 Å². The van der Waals surface area contributed by atoms with Crippen LogP contribution in [0.15, 0.2) is 53.4 Å². The van der Waals surface area contributed by atoms with Crippen LogP contribution in [0.4, 0.5) is 11.4 Å². The molecule has 2 aromatic rings. The van der Waals surface area contributed by atoms with E-state index in [-0.39, 0.29) is 23.9 Å². The van der Waals surface area contributed by atoms with Gasteiger partial charge in [-0.2, -0.15) is 4.31 Å². The molecule has 0 saturated heterocycles. The third-order valence-corrected chi connectivity index (χ3v) is 5.82. The summed E-state index contributed by atoms with van der Waals surface area (Å²) in [6.45, 7) is 3.09. The van der Waals surface area contributed by atoms with Gasteiger partial charge in [-0.3, -0.25) is 9.59 Å². The number of hydrogen-bond acceptors (Lipinski definition) is 4. The van der Waals surface area contributed by atoms with Crippen molar-refractivity contribution in [1.29, 1.82) is 0 Å². The summed E-state index contributed by atoms with van der Waals surface area (Å²) in [5.74, 6) is -0.711. The van der Waals surface area contributed by atoms with Crippen LogP contribution in [-0.4, -0.2) is 37.6 Å². The average molecular weight is 424 g/mol. The summed E-state index contributed by atoms with van der Waals surface area (Å²) in [4.78, 5) is 23.7. The van der Waals surface area contributed by atoms with E-state index < -0.39 is 15.9 Å². The first kappa shape index (κ1) is 21.9. The van der Waals surface area contributed by atoms with Gasteiger partial charge in [0, 0.05) is 29.9 Å². The monoisotopic (exact) mass is 423 g/mol. The molecule has 2 amide bonds. The van der Waals surface area contributed by atoms with E-state index in [4.69, 9.17) is 11.6 Å². The summed E-state index contributed by atoms with van der Waals surface area (Å²) in [6.07, 6.45) is 0.554. The zero-order valence-electron chi connectivity index (χ0n) is 15.6. The largest absolute Gasteiger partial charge is 0.326 e. The van der Waals surface area contributed by atoms with Crippen molar-refractivity contribution in [3.8, 4) is 0 Å². The summed E-state index contributed by atoms with van der Waals surface area (Å²) < 4.78 is 26.8. The minimum Gasteiger partial charge on any atom is -0.326 e. The molecule has 0 aliphatic rings. The maximum absolute atomic E-state index is 12.9. The Morgan fingerprint density at radius 1 is 1.04 bits per heavy atom. The molecule has 0 radical (unpaired) electrons. The van der Waals surface area contributed by atoms with E-state index in [2.05, 4.69) is 10.6 Å². The van der Waals surface area contributed by atoms with Gasteiger partial charge in [0.1, 0.15) is 0 Å². The first-order chi connectivity index (χ1) is 13.2. The molecule has 2 rings (SSSR count). The van der Waals surface area contributed by atoms with Gasteiger partial charge >= 0.3 is 0 Å². The molecule has 0 aromatic heterocycles. The zero-order chi connectivity index (χ0) is 20.7. The summed E-state index contributed by atoms with van der Waals surface area (Å²) >= 11 is 5.82. The average Bonchev–Trinajstić information content (AvgIpc) is 2.61. The first-order valence-corrected chi connectivity index (χ1v) is 10.5. The van der Waals surface area contributed by atoms with Crippen molar-refractivity contribution in [2.24, 2.45) is 0 Å². The van der Waals surface area contributed by atoms with Crippen LogP contribution >= 0.6 is 11.6 Å². The Morgan fingerprint density at radius 2 is 1.64 bits per heavy atom. The van der Waals surface area contributed by atoms with E-state index >= 15 is 0 Å². The lowest BCUT2D eigenvalue weighted by Gasteiger charge is -2.21. The maximum atomic E-state index is 12.9. The van der Waals surface area contributed by atoms with Gasteiger partial charge in [0.15, 0.2) is 0 Å². The number of benzene rings is 2. The maximum Gasteiger partial charge on any atom is 0.243 e. The molecular formula is C19H22ClN3O4S. The number of carbonyl (C=O) groups is 2. The van der Waals surface area contributed by atoms with E-state index in [1.807, 2.05) is 6.92 Å². The van der Waals surface area contributed by atoms with Crippen LogP contribution in [0.25, 0.3) is 0 Å². The highest BCUT2D eigenvalue weighted by Crippen LogP contribution is 2.19. The van der Waals surface area contributed by atoms with Crippen LogP contribution < -0.4 is 10.6 Å².